The van der Waals surface area contributed by atoms with Crippen molar-refractivity contribution < 1.29 is 23.7 Å². The molecule has 0 radical (unpaired) electrons. The van der Waals surface area contributed by atoms with Crippen LogP contribution in [0.4, 0.5) is 0 Å². The summed E-state index contributed by atoms with van der Waals surface area (Å²) in [7, 11) is 0. The van der Waals surface area contributed by atoms with Crippen LogP contribution in [0.3, 0.4) is 0 Å². The Morgan fingerprint density at radius 1 is 0.789 bits per heavy atom. The summed E-state index contributed by atoms with van der Waals surface area (Å²) in [6.07, 6.45) is 0.366. The SMILES string of the molecule is CCOCCNC(=O)CCOCCOCCOCC. The number of hydrogen-bond acceptors (Lipinski definition) is 5. The van der Waals surface area contributed by atoms with Gasteiger partial charge < -0.3 is 24.3 Å². The standard InChI is InChI=1S/C13H27NO5/c1-3-16-8-6-14-13(15)5-7-18-11-12-19-10-9-17-4-2/h3-12H2,1-2H3,(H,14,15). The highest BCUT2D eigenvalue weighted by Crippen LogP contribution is 1.85. The summed E-state index contributed by atoms with van der Waals surface area (Å²) in [6.45, 7) is 8.97. The summed E-state index contributed by atoms with van der Waals surface area (Å²) in [6, 6.07) is 0. The second-order valence-corrected chi connectivity index (χ2v) is 3.72. The summed E-state index contributed by atoms with van der Waals surface area (Å²) in [4.78, 5) is 11.3. The fraction of sp³-hybridized carbons (Fsp3) is 0.923. The Balaban J connectivity index is 3.10. The molecule has 0 aliphatic carbocycles. The first-order valence-corrected chi connectivity index (χ1v) is 6.88. The number of carbonyl (C=O) groups is 1. The van der Waals surface area contributed by atoms with Crippen molar-refractivity contribution in [2.45, 2.75) is 20.3 Å². The van der Waals surface area contributed by atoms with E-state index in [0.717, 1.165) is 0 Å². The van der Waals surface area contributed by atoms with Crippen molar-refractivity contribution in [3.05, 3.63) is 0 Å². The fourth-order valence-corrected chi connectivity index (χ4v) is 1.24. The van der Waals surface area contributed by atoms with E-state index in [1.54, 1.807) is 0 Å². The molecule has 19 heavy (non-hydrogen) atoms. The first kappa shape index (κ1) is 18.3. The van der Waals surface area contributed by atoms with Gasteiger partial charge in [-0.15, -0.1) is 0 Å². The molecule has 0 bridgehead atoms. The predicted octanol–water partition coefficient (Wildman–Crippen LogP) is 0.599. The van der Waals surface area contributed by atoms with E-state index in [9.17, 15) is 4.79 Å². The first-order chi connectivity index (χ1) is 9.31. The summed E-state index contributed by atoms with van der Waals surface area (Å²) in [5, 5.41) is 2.75. The van der Waals surface area contributed by atoms with Gasteiger partial charge in [-0.05, 0) is 13.8 Å². The van der Waals surface area contributed by atoms with Crippen LogP contribution < -0.4 is 5.32 Å². The highest BCUT2D eigenvalue weighted by molar-refractivity contribution is 5.75. The van der Waals surface area contributed by atoms with Gasteiger partial charge in [0.05, 0.1) is 39.6 Å². The zero-order chi connectivity index (χ0) is 14.2. The van der Waals surface area contributed by atoms with Crippen LogP contribution in [-0.4, -0.2) is 65.3 Å². The molecule has 1 amide bonds. The van der Waals surface area contributed by atoms with Crippen LogP contribution in [0.25, 0.3) is 0 Å². The Labute approximate surface area is 115 Å². The maximum atomic E-state index is 11.3. The monoisotopic (exact) mass is 277 g/mol. The quantitative estimate of drug-likeness (QED) is 0.471. The van der Waals surface area contributed by atoms with Gasteiger partial charge in [-0.1, -0.05) is 0 Å². The zero-order valence-corrected chi connectivity index (χ0v) is 12.1. The lowest BCUT2D eigenvalue weighted by atomic mass is 10.4. The van der Waals surface area contributed by atoms with E-state index in [1.807, 2.05) is 13.8 Å². The van der Waals surface area contributed by atoms with E-state index < -0.39 is 0 Å². The normalized spacial score (nSPS) is 10.6. The van der Waals surface area contributed by atoms with Crippen molar-refractivity contribution in [1.29, 1.82) is 0 Å². The minimum absolute atomic E-state index is 0.0167. The third kappa shape index (κ3) is 15.3. The third-order valence-electron chi connectivity index (χ3n) is 2.19. The Morgan fingerprint density at radius 2 is 1.32 bits per heavy atom. The van der Waals surface area contributed by atoms with Gasteiger partial charge in [0.1, 0.15) is 0 Å². The minimum Gasteiger partial charge on any atom is -0.380 e. The van der Waals surface area contributed by atoms with Crippen molar-refractivity contribution in [1.82, 2.24) is 5.32 Å². The molecular formula is C13H27NO5. The van der Waals surface area contributed by atoms with Crippen molar-refractivity contribution >= 4 is 5.91 Å². The molecule has 0 aliphatic rings. The van der Waals surface area contributed by atoms with Crippen LogP contribution >= 0.6 is 0 Å². The maximum Gasteiger partial charge on any atom is 0.222 e. The zero-order valence-electron chi connectivity index (χ0n) is 12.1. The average Bonchev–Trinajstić information content (AvgIpc) is 2.42. The summed E-state index contributed by atoms with van der Waals surface area (Å²) in [5.74, 6) is -0.0167. The molecule has 0 saturated carbocycles. The second-order valence-electron chi connectivity index (χ2n) is 3.72. The van der Waals surface area contributed by atoms with Gasteiger partial charge in [-0.2, -0.15) is 0 Å². The number of carbonyl (C=O) groups excluding carboxylic acids is 1. The first-order valence-electron chi connectivity index (χ1n) is 6.88. The average molecular weight is 277 g/mol. The van der Waals surface area contributed by atoms with Crippen LogP contribution in [0.1, 0.15) is 20.3 Å². The molecule has 0 fully saturated rings. The lowest BCUT2D eigenvalue weighted by molar-refractivity contribution is -0.122. The number of hydrogen-bond donors (Lipinski definition) is 1. The molecule has 0 heterocycles. The third-order valence-corrected chi connectivity index (χ3v) is 2.19. The molecule has 0 aromatic carbocycles. The number of nitrogens with one attached hydrogen (secondary N) is 1. The fourth-order valence-electron chi connectivity index (χ4n) is 1.24. The Morgan fingerprint density at radius 3 is 1.95 bits per heavy atom. The summed E-state index contributed by atoms with van der Waals surface area (Å²) < 4.78 is 20.8. The molecule has 114 valence electrons. The molecule has 0 aromatic heterocycles. The number of amides is 1. The molecular weight excluding hydrogens is 250 g/mol. The largest absolute Gasteiger partial charge is 0.380 e. The summed E-state index contributed by atoms with van der Waals surface area (Å²) in [5.41, 5.74) is 0. The summed E-state index contributed by atoms with van der Waals surface area (Å²) >= 11 is 0. The van der Waals surface area contributed by atoms with E-state index in [0.29, 0.717) is 65.8 Å². The van der Waals surface area contributed by atoms with Crippen molar-refractivity contribution in [3.8, 4) is 0 Å². The van der Waals surface area contributed by atoms with E-state index in [1.165, 1.54) is 0 Å². The Kier molecular flexibility index (Phi) is 14.8. The lowest BCUT2D eigenvalue weighted by Crippen LogP contribution is -2.28. The highest BCUT2D eigenvalue weighted by Gasteiger charge is 2.00. The predicted molar refractivity (Wildman–Crippen MR) is 72.3 cm³/mol. The Hall–Kier alpha value is -0.690. The van der Waals surface area contributed by atoms with E-state index in [2.05, 4.69) is 5.32 Å². The van der Waals surface area contributed by atoms with Crippen molar-refractivity contribution in [2.24, 2.45) is 0 Å². The van der Waals surface area contributed by atoms with Crippen LogP contribution in [0.5, 0.6) is 0 Å². The molecule has 6 heteroatoms. The van der Waals surface area contributed by atoms with Gasteiger partial charge in [0, 0.05) is 26.2 Å². The van der Waals surface area contributed by atoms with Crippen LogP contribution in [-0.2, 0) is 23.7 Å². The molecule has 0 unspecified atom stereocenters. The molecule has 0 aromatic rings. The molecule has 6 nitrogen and oxygen atoms in total. The van der Waals surface area contributed by atoms with Gasteiger partial charge in [0.25, 0.3) is 0 Å². The molecule has 0 spiro atoms. The molecule has 0 rings (SSSR count). The molecule has 0 saturated heterocycles. The lowest BCUT2D eigenvalue weighted by Gasteiger charge is -2.07. The highest BCUT2D eigenvalue weighted by atomic mass is 16.5. The van der Waals surface area contributed by atoms with Crippen LogP contribution in [0, 0.1) is 0 Å². The van der Waals surface area contributed by atoms with Gasteiger partial charge in [-0.25, -0.2) is 0 Å². The topological polar surface area (TPSA) is 66.0 Å². The molecule has 0 aliphatic heterocycles. The minimum atomic E-state index is -0.0167. The van der Waals surface area contributed by atoms with Crippen molar-refractivity contribution in [3.63, 3.8) is 0 Å². The van der Waals surface area contributed by atoms with Crippen LogP contribution in [0.15, 0.2) is 0 Å². The number of ether oxygens (including phenoxy) is 4. The smallest absolute Gasteiger partial charge is 0.222 e. The van der Waals surface area contributed by atoms with Gasteiger partial charge in [0.2, 0.25) is 5.91 Å². The van der Waals surface area contributed by atoms with Gasteiger partial charge >= 0.3 is 0 Å². The van der Waals surface area contributed by atoms with Crippen molar-refractivity contribution in [2.75, 3.05) is 59.4 Å². The maximum absolute atomic E-state index is 11.3. The van der Waals surface area contributed by atoms with Crippen LogP contribution in [0.2, 0.25) is 0 Å². The van der Waals surface area contributed by atoms with Gasteiger partial charge in [-0.3, -0.25) is 4.79 Å². The molecule has 0 atom stereocenters. The van der Waals surface area contributed by atoms with E-state index in [-0.39, 0.29) is 5.91 Å². The Bertz CT molecular complexity index is 201. The van der Waals surface area contributed by atoms with E-state index >= 15 is 0 Å². The van der Waals surface area contributed by atoms with E-state index in [4.69, 9.17) is 18.9 Å². The second kappa shape index (κ2) is 15.4. The van der Waals surface area contributed by atoms with Gasteiger partial charge in [0.15, 0.2) is 0 Å². The molecule has 1 N–H and O–H groups in total. The number of rotatable bonds is 14.